The third-order valence-electron chi connectivity index (χ3n) is 2.93. The van der Waals surface area contributed by atoms with Gasteiger partial charge in [-0.3, -0.25) is 4.79 Å². The van der Waals surface area contributed by atoms with E-state index in [9.17, 15) is 13.2 Å². The maximum absolute atomic E-state index is 12.1. The topological polar surface area (TPSA) is 63.2 Å². The number of carbonyl (C=O) groups is 1. The Morgan fingerprint density at radius 3 is 2.45 bits per heavy atom. The SMILES string of the molecule is C#Cc1cccc(NC(=O)c2ccc(CS(C)(=O)=O)cc2)c1. The van der Waals surface area contributed by atoms with Gasteiger partial charge in [-0.15, -0.1) is 6.42 Å². The van der Waals surface area contributed by atoms with Gasteiger partial charge in [0.15, 0.2) is 9.84 Å². The van der Waals surface area contributed by atoms with Gasteiger partial charge in [-0.1, -0.05) is 24.1 Å². The lowest BCUT2D eigenvalue weighted by molar-refractivity contribution is 0.102. The molecule has 0 radical (unpaired) electrons. The Hall–Kier alpha value is -2.58. The molecule has 22 heavy (non-hydrogen) atoms. The van der Waals surface area contributed by atoms with Crippen LogP contribution in [0.1, 0.15) is 21.5 Å². The molecule has 0 heterocycles. The summed E-state index contributed by atoms with van der Waals surface area (Å²) >= 11 is 0. The molecule has 0 aromatic heterocycles. The van der Waals surface area contributed by atoms with Crippen molar-refractivity contribution in [3.63, 3.8) is 0 Å². The lowest BCUT2D eigenvalue weighted by Gasteiger charge is -2.06. The molecule has 0 aliphatic rings. The minimum Gasteiger partial charge on any atom is -0.322 e. The minimum atomic E-state index is -3.09. The van der Waals surface area contributed by atoms with Crippen LogP contribution in [-0.4, -0.2) is 20.6 Å². The summed E-state index contributed by atoms with van der Waals surface area (Å²) in [6.07, 6.45) is 6.49. The molecule has 1 N–H and O–H groups in total. The van der Waals surface area contributed by atoms with Gasteiger partial charge >= 0.3 is 0 Å². The molecule has 0 unspecified atom stereocenters. The van der Waals surface area contributed by atoms with Crippen LogP contribution in [0.2, 0.25) is 0 Å². The molecule has 0 aliphatic carbocycles. The summed E-state index contributed by atoms with van der Waals surface area (Å²) in [5, 5.41) is 2.75. The quantitative estimate of drug-likeness (QED) is 0.882. The zero-order valence-electron chi connectivity index (χ0n) is 12.0. The summed E-state index contributed by atoms with van der Waals surface area (Å²) in [7, 11) is -3.09. The molecule has 112 valence electrons. The van der Waals surface area contributed by atoms with Gasteiger partial charge in [-0.2, -0.15) is 0 Å². The second-order valence-electron chi connectivity index (χ2n) is 4.95. The van der Waals surface area contributed by atoms with Crippen LogP contribution in [0.25, 0.3) is 0 Å². The number of anilines is 1. The van der Waals surface area contributed by atoms with Crippen molar-refractivity contribution in [2.45, 2.75) is 5.75 Å². The number of benzene rings is 2. The van der Waals surface area contributed by atoms with E-state index in [4.69, 9.17) is 6.42 Å². The van der Waals surface area contributed by atoms with Crippen molar-refractivity contribution < 1.29 is 13.2 Å². The fourth-order valence-electron chi connectivity index (χ4n) is 1.95. The number of sulfone groups is 1. The maximum atomic E-state index is 12.1. The van der Waals surface area contributed by atoms with Gasteiger partial charge in [-0.25, -0.2) is 8.42 Å². The first-order valence-corrected chi connectivity index (χ1v) is 8.58. The van der Waals surface area contributed by atoms with Crippen LogP contribution in [0.15, 0.2) is 48.5 Å². The predicted octanol–water partition coefficient (Wildman–Crippen LogP) is 2.46. The Kier molecular flexibility index (Phi) is 4.64. The monoisotopic (exact) mass is 313 g/mol. The highest BCUT2D eigenvalue weighted by molar-refractivity contribution is 7.89. The van der Waals surface area contributed by atoms with Crippen LogP contribution in [0.3, 0.4) is 0 Å². The fourth-order valence-corrected chi connectivity index (χ4v) is 2.74. The van der Waals surface area contributed by atoms with Crippen LogP contribution in [0.4, 0.5) is 5.69 Å². The first-order chi connectivity index (χ1) is 10.4. The van der Waals surface area contributed by atoms with Crippen LogP contribution in [-0.2, 0) is 15.6 Å². The van der Waals surface area contributed by atoms with Crippen LogP contribution in [0, 0.1) is 12.3 Å². The Morgan fingerprint density at radius 1 is 1.18 bits per heavy atom. The Bertz CT molecular complexity index is 831. The summed E-state index contributed by atoms with van der Waals surface area (Å²) in [5.74, 6) is 2.18. The van der Waals surface area contributed by atoms with E-state index in [-0.39, 0.29) is 11.7 Å². The van der Waals surface area contributed by atoms with Gasteiger partial charge < -0.3 is 5.32 Å². The Labute approximate surface area is 130 Å². The number of hydrogen-bond acceptors (Lipinski definition) is 3. The van der Waals surface area contributed by atoms with Crippen LogP contribution >= 0.6 is 0 Å². The highest BCUT2D eigenvalue weighted by Crippen LogP contribution is 2.13. The summed E-state index contributed by atoms with van der Waals surface area (Å²) in [4.78, 5) is 12.1. The molecule has 0 spiro atoms. The number of nitrogens with one attached hydrogen (secondary N) is 1. The highest BCUT2D eigenvalue weighted by atomic mass is 32.2. The molecule has 0 saturated heterocycles. The first kappa shape index (κ1) is 15.8. The largest absolute Gasteiger partial charge is 0.322 e. The standard InChI is InChI=1S/C17H15NO3S/c1-3-13-5-4-6-16(11-13)18-17(19)15-9-7-14(8-10-15)12-22(2,20)21/h1,4-11H,12H2,2H3,(H,18,19). The molecule has 0 aliphatic heterocycles. The van der Waals surface area contributed by atoms with Gasteiger partial charge in [0.2, 0.25) is 0 Å². The lowest BCUT2D eigenvalue weighted by Crippen LogP contribution is -2.12. The van der Waals surface area contributed by atoms with Gasteiger partial charge in [0.25, 0.3) is 5.91 Å². The number of carbonyl (C=O) groups excluding carboxylic acids is 1. The van der Waals surface area contributed by atoms with Crippen LogP contribution in [0.5, 0.6) is 0 Å². The van der Waals surface area contributed by atoms with Gasteiger partial charge in [0, 0.05) is 23.1 Å². The van der Waals surface area contributed by atoms with E-state index >= 15 is 0 Å². The van der Waals surface area contributed by atoms with Crippen molar-refractivity contribution in [1.29, 1.82) is 0 Å². The zero-order valence-corrected chi connectivity index (χ0v) is 12.9. The molecular formula is C17H15NO3S. The Morgan fingerprint density at radius 2 is 1.86 bits per heavy atom. The molecule has 0 fully saturated rings. The van der Waals surface area contributed by atoms with E-state index in [1.54, 1.807) is 48.5 Å². The van der Waals surface area contributed by atoms with Crippen molar-refractivity contribution >= 4 is 21.4 Å². The van der Waals surface area contributed by atoms with Crippen molar-refractivity contribution in [3.8, 4) is 12.3 Å². The average Bonchev–Trinajstić information content (AvgIpc) is 2.46. The average molecular weight is 313 g/mol. The summed E-state index contributed by atoms with van der Waals surface area (Å²) in [6, 6.07) is 13.5. The summed E-state index contributed by atoms with van der Waals surface area (Å²) < 4.78 is 22.5. The van der Waals surface area contributed by atoms with Crippen molar-refractivity contribution in [1.82, 2.24) is 0 Å². The minimum absolute atomic E-state index is 0.0425. The summed E-state index contributed by atoms with van der Waals surface area (Å²) in [6.45, 7) is 0. The lowest BCUT2D eigenvalue weighted by atomic mass is 10.1. The fraction of sp³-hybridized carbons (Fsp3) is 0.118. The van der Waals surface area contributed by atoms with E-state index in [0.717, 1.165) is 0 Å². The third-order valence-corrected chi connectivity index (χ3v) is 3.79. The second kappa shape index (κ2) is 6.46. The molecule has 0 atom stereocenters. The number of amides is 1. The van der Waals surface area contributed by atoms with Gasteiger partial charge in [0.1, 0.15) is 0 Å². The van der Waals surface area contributed by atoms with Gasteiger partial charge in [-0.05, 0) is 35.9 Å². The molecule has 5 heteroatoms. The molecule has 1 amide bonds. The van der Waals surface area contributed by atoms with Crippen LogP contribution < -0.4 is 5.32 Å². The molecule has 0 bridgehead atoms. The molecule has 2 aromatic carbocycles. The maximum Gasteiger partial charge on any atom is 0.255 e. The predicted molar refractivity (Wildman–Crippen MR) is 87.3 cm³/mol. The van der Waals surface area contributed by atoms with E-state index in [1.165, 1.54) is 6.26 Å². The summed E-state index contributed by atoms with van der Waals surface area (Å²) in [5.41, 5.74) is 2.39. The molecule has 4 nitrogen and oxygen atoms in total. The van der Waals surface area contributed by atoms with Crippen molar-refractivity contribution in [2.24, 2.45) is 0 Å². The second-order valence-corrected chi connectivity index (χ2v) is 7.09. The van der Waals surface area contributed by atoms with E-state index < -0.39 is 9.84 Å². The number of terminal acetylenes is 1. The van der Waals surface area contributed by atoms with E-state index in [1.807, 2.05) is 0 Å². The third kappa shape index (κ3) is 4.47. The van der Waals surface area contributed by atoms with E-state index in [2.05, 4.69) is 11.2 Å². The molecule has 2 aromatic rings. The molecule has 2 rings (SSSR count). The number of rotatable bonds is 4. The number of hydrogen-bond donors (Lipinski definition) is 1. The normalized spacial score (nSPS) is 10.7. The molecular weight excluding hydrogens is 298 g/mol. The smallest absolute Gasteiger partial charge is 0.255 e. The zero-order chi connectivity index (χ0) is 16.2. The van der Waals surface area contributed by atoms with Gasteiger partial charge in [0.05, 0.1) is 5.75 Å². The highest BCUT2D eigenvalue weighted by Gasteiger charge is 2.08. The van der Waals surface area contributed by atoms with Crippen molar-refractivity contribution in [3.05, 3.63) is 65.2 Å². The van der Waals surface area contributed by atoms with Crippen molar-refractivity contribution in [2.75, 3.05) is 11.6 Å². The Balaban J connectivity index is 2.11. The van der Waals surface area contributed by atoms with E-state index in [0.29, 0.717) is 22.4 Å². The molecule has 0 saturated carbocycles. The first-order valence-electron chi connectivity index (χ1n) is 6.52.